The second kappa shape index (κ2) is 3.66. The van der Waals surface area contributed by atoms with Crippen molar-refractivity contribution in [3.63, 3.8) is 0 Å². The van der Waals surface area contributed by atoms with E-state index in [0.717, 1.165) is 0 Å². The largest absolute Gasteiger partial charge is 0.297 e. The molecular formula is C8H7Br2NO. The molecule has 0 N–H and O–H groups in total. The van der Waals surface area contributed by atoms with Gasteiger partial charge in [-0.1, -0.05) is 37.9 Å². The van der Waals surface area contributed by atoms with Crippen molar-refractivity contribution in [2.45, 2.75) is 10.2 Å². The van der Waals surface area contributed by atoms with Crippen LogP contribution in [-0.4, -0.2) is 10.8 Å². The van der Waals surface area contributed by atoms with E-state index in [4.69, 9.17) is 0 Å². The number of nitrogens with zero attached hydrogens (tertiary/aromatic N) is 1. The van der Waals surface area contributed by atoms with Crippen LogP contribution >= 0.6 is 31.9 Å². The van der Waals surface area contributed by atoms with E-state index in [1.165, 1.54) is 6.92 Å². The summed E-state index contributed by atoms with van der Waals surface area (Å²) in [6, 6.07) is 5.42. The molecule has 0 aliphatic heterocycles. The van der Waals surface area contributed by atoms with Crippen LogP contribution in [0.2, 0.25) is 0 Å². The lowest BCUT2D eigenvalue weighted by Gasteiger charge is -2.15. The first-order chi connectivity index (χ1) is 5.55. The van der Waals surface area contributed by atoms with Crippen LogP contribution in [0.5, 0.6) is 0 Å². The van der Waals surface area contributed by atoms with Gasteiger partial charge in [-0.2, -0.15) is 0 Å². The Balaban J connectivity index is 3.06. The van der Waals surface area contributed by atoms with Gasteiger partial charge < -0.3 is 0 Å². The van der Waals surface area contributed by atoms with E-state index in [2.05, 4.69) is 36.8 Å². The van der Waals surface area contributed by atoms with Gasteiger partial charge in [0.2, 0.25) is 0 Å². The van der Waals surface area contributed by atoms with Crippen LogP contribution in [0.25, 0.3) is 0 Å². The van der Waals surface area contributed by atoms with Gasteiger partial charge in [-0.15, -0.1) is 0 Å². The third-order valence-corrected chi connectivity index (χ3v) is 3.36. The summed E-state index contributed by atoms with van der Waals surface area (Å²) in [7, 11) is 0. The Hall–Kier alpha value is -0.220. The van der Waals surface area contributed by atoms with Crippen molar-refractivity contribution in [2.24, 2.45) is 0 Å². The topological polar surface area (TPSA) is 30.0 Å². The van der Waals surface area contributed by atoms with E-state index in [-0.39, 0.29) is 5.78 Å². The number of hydrogen-bond donors (Lipinski definition) is 0. The quantitative estimate of drug-likeness (QED) is 0.785. The molecule has 12 heavy (non-hydrogen) atoms. The predicted molar refractivity (Wildman–Crippen MR) is 54.5 cm³/mol. The molecule has 0 aromatic carbocycles. The summed E-state index contributed by atoms with van der Waals surface area (Å²) in [5, 5.41) is 0. The molecular weight excluding hydrogens is 286 g/mol. The summed E-state index contributed by atoms with van der Waals surface area (Å²) in [5.41, 5.74) is 0.664. The van der Waals surface area contributed by atoms with Gasteiger partial charge in [0.05, 0.1) is 5.69 Å². The maximum absolute atomic E-state index is 11.1. The molecule has 2 nitrogen and oxygen atoms in total. The third-order valence-electron chi connectivity index (χ3n) is 1.43. The summed E-state index contributed by atoms with van der Waals surface area (Å²) in [6.45, 7) is 1.50. The molecule has 0 fully saturated rings. The molecule has 1 aromatic rings. The van der Waals surface area contributed by atoms with Crippen LogP contribution in [0.1, 0.15) is 12.6 Å². The first-order valence-electron chi connectivity index (χ1n) is 3.35. The number of aromatic nitrogens is 1. The average Bonchev–Trinajstić information content (AvgIpc) is 2.06. The summed E-state index contributed by atoms with van der Waals surface area (Å²) in [4.78, 5) is 15.2. The lowest BCUT2D eigenvalue weighted by atomic mass is 10.2. The molecule has 0 saturated carbocycles. The van der Waals surface area contributed by atoms with Crippen LogP contribution in [0.15, 0.2) is 24.4 Å². The SMILES string of the molecule is CC(=O)C(Br)(Br)c1ccccn1. The number of carbonyl (C=O) groups is 1. The number of Topliss-reactive ketones (excluding diaryl/α,β-unsaturated/α-hetero) is 1. The second-order valence-electron chi connectivity index (χ2n) is 2.35. The standard InChI is InChI=1S/C8H7Br2NO/c1-6(12)8(9,10)7-4-2-3-5-11-7/h2-5H,1H3. The van der Waals surface area contributed by atoms with Crippen LogP contribution in [0.3, 0.4) is 0 Å². The van der Waals surface area contributed by atoms with Crippen molar-refractivity contribution in [1.29, 1.82) is 0 Å². The van der Waals surface area contributed by atoms with Crippen molar-refractivity contribution in [1.82, 2.24) is 4.98 Å². The normalized spacial score (nSPS) is 11.2. The van der Waals surface area contributed by atoms with Gasteiger partial charge >= 0.3 is 0 Å². The molecule has 1 rings (SSSR count). The zero-order valence-corrected chi connectivity index (χ0v) is 9.59. The van der Waals surface area contributed by atoms with E-state index in [9.17, 15) is 4.79 Å². The third kappa shape index (κ3) is 1.93. The van der Waals surface area contributed by atoms with Crippen LogP contribution < -0.4 is 0 Å². The summed E-state index contributed by atoms with van der Waals surface area (Å²) >= 11 is 6.52. The number of carbonyl (C=O) groups excluding carboxylic acids is 1. The fourth-order valence-corrected chi connectivity index (χ4v) is 1.20. The molecule has 0 radical (unpaired) electrons. The number of ketones is 1. The van der Waals surface area contributed by atoms with E-state index < -0.39 is 3.23 Å². The van der Waals surface area contributed by atoms with Gasteiger partial charge in [-0.25, -0.2) is 0 Å². The highest BCUT2D eigenvalue weighted by atomic mass is 79.9. The Morgan fingerprint density at radius 2 is 2.17 bits per heavy atom. The Kier molecular flexibility index (Phi) is 3.01. The van der Waals surface area contributed by atoms with E-state index >= 15 is 0 Å². The Labute approximate surface area is 87.6 Å². The average molecular weight is 293 g/mol. The molecule has 0 spiro atoms. The van der Waals surface area contributed by atoms with Crippen molar-refractivity contribution in [3.8, 4) is 0 Å². The molecule has 0 atom stereocenters. The van der Waals surface area contributed by atoms with Crippen LogP contribution in [0, 0.1) is 0 Å². The summed E-state index contributed by atoms with van der Waals surface area (Å²) in [6.07, 6.45) is 1.65. The summed E-state index contributed by atoms with van der Waals surface area (Å²) < 4.78 is -0.832. The Morgan fingerprint density at radius 1 is 1.50 bits per heavy atom. The molecule has 0 aliphatic rings. The zero-order valence-electron chi connectivity index (χ0n) is 6.42. The lowest BCUT2D eigenvalue weighted by molar-refractivity contribution is -0.117. The van der Waals surface area contributed by atoms with Gasteiger partial charge in [0.25, 0.3) is 0 Å². The van der Waals surface area contributed by atoms with Crippen molar-refractivity contribution in [3.05, 3.63) is 30.1 Å². The fraction of sp³-hybridized carbons (Fsp3) is 0.250. The van der Waals surface area contributed by atoms with Crippen molar-refractivity contribution < 1.29 is 4.79 Å². The van der Waals surface area contributed by atoms with E-state index in [1.54, 1.807) is 18.3 Å². The maximum Gasteiger partial charge on any atom is 0.179 e. The van der Waals surface area contributed by atoms with Gasteiger partial charge in [-0.05, 0) is 19.1 Å². The van der Waals surface area contributed by atoms with Gasteiger partial charge in [0, 0.05) is 6.20 Å². The van der Waals surface area contributed by atoms with Crippen molar-refractivity contribution >= 4 is 37.6 Å². The summed E-state index contributed by atoms with van der Waals surface area (Å²) in [5.74, 6) is -0.0267. The molecule has 0 saturated heterocycles. The number of rotatable bonds is 2. The smallest absolute Gasteiger partial charge is 0.179 e. The highest BCUT2D eigenvalue weighted by Crippen LogP contribution is 2.37. The van der Waals surface area contributed by atoms with Gasteiger partial charge in [0.15, 0.2) is 9.02 Å². The minimum atomic E-state index is -0.832. The number of hydrogen-bond acceptors (Lipinski definition) is 2. The molecule has 1 aromatic heterocycles. The first-order valence-corrected chi connectivity index (χ1v) is 4.94. The fourth-order valence-electron chi connectivity index (χ4n) is 0.729. The van der Waals surface area contributed by atoms with Gasteiger partial charge in [-0.3, -0.25) is 9.78 Å². The first kappa shape index (κ1) is 9.86. The lowest BCUT2D eigenvalue weighted by Crippen LogP contribution is -2.20. The van der Waals surface area contributed by atoms with E-state index in [1.807, 2.05) is 6.07 Å². The van der Waals surface area contributed by atoms with Crippen LogP contribution in [0.4, 0.5) is 0 Å². The highest BCUT2D eigenvalue weighted by Gasteiger charge is 2.31. The molecule has 0 bridgehead atoms. The minimum Gasteiger partial charge on any atom is -0.297 e. The number of pyridine rings is 1. The molecule has 0 unspecified atom stereocenters. The number of alkyl halides is 2. The highest BCUT2D eigenvalue weighted by molar-refractivity contribution is 9.25. The van der Waals surface area contributed by atoms with Crippen LogP contribution in [-0.2, 0) is 8.03 Å². The zero-order chi connectivity index (χ0) is 9.19. The van der Waals surface area contributed by atoms with Crippen molar-refractivity contribution in [2.75, 3.05) is 0 Å². The monoisotopic (exact) mass is 291 g/mol. The molecule has 1 heterocycles. The molecule has 0 amide bonds. The Bertz CT molecular complexity index is 284. The predicted octanol–water partition coefficient (Wildman–Crippen LogP) is 2.61. The molecule has 64 valence electrons. The molecule has 0 aliphatic carbocycles. The molecule has 4 heteroatoms. The minimum absolute atomic E-state index is 0.0267. The second-order valence-corrected chi connectivity index (χ2v) is 5.79. The van der Waals surface area contributed by atoms with E-state index in [0.29, 0.717) is 5.69 Å². The Morgan fingerprint density at radius 3 is 2.58 bits per heavy atom. The maximum atomic E-state index is 11.1. The van der Waals surface area contributed by atoms with Gasteiger partial charge in [0.1, 0.15) is 0 Å². The number of halogens is 2.